The topological polar surface area (TPSA) is 175 Å². The molecule has 21 heavy (non-hydrogen) atoms. The number of aliphatic carboxylic acids is 1. The summed E-state index contributed by atoms with van der Waals surface area (Å²) in [5, 5.41) is 11.1. The van der Waals surface area contributed by atoms with E-state index in [1.54, 1.807) is 0 Å². The van der Waals surface area contributed by atoms with Crippen molar-refractivity contribution in [3.63, 3.8) is 0 Å². The molecule has 6 N–H and O–H groups in total. The minimum absolute atomic E-state index is 0.0419. The molecule has 0 aliphatic heterocycles. The summed E-state index contributed by atoms with van der Waals surface area (Å²) in [6, 6.07) is -0.265. The van der Waals surface area contributed by atoms with Gasteiger partial charge >= 0.3 is 11.7 Å². The number of H-pyrrole nitrogens is 2. The summed E-state index contributed by atoms with van der Waals surface area (Å²) < 4.78 is 0. The van der Waals surface area contributed by atoms with Crippen molar-refractivity contribution < 1.29 is 19.5 Å². The molecule has 0 aliphatic carbocycles. The summed E-state index contributed by atoms with van der Waals surface area (Å²) in [4.78, 5) is 59.4. The van der Waals surface area contributed by atoms with E-state index >= 15 is 0 Å². The zero-order chi connectivity index (χ0) is 16.0. The summed E-state index contributed by atoms with van der Waals surface area (Å²) >= 11 is 0. The molecule has 10 heteroatoms. The Morgan fingerprint density at radius 1 is 1.29 bits per heavy atom. The van der Waals surface area contributed by atoms with Crippen LogP contribution in [0, 0.1) is 0 Å². The van der Waals surface area contributed by atoms with Gasteiger partial charge in [-0.3, -0.25) is 19.4 Å². The van der Waals surface area contributed by atoms with E-state index in [0.29, 0.717) is 0 Å². The van der Waals surface area contributed by atoms with Crippen LogP contribution in [0.15, 0.2) is 15.7 Å². The molecule has 114 valence electrons. The van der Waals surface area contributed by atoms with Crippen LogP contribution in [-0.4, -0.2) is 38.9 Å². The maximum atomic E-state index is 11.7. The van der Waals surface area contributed by atoms with Crippen molar-refractivity contribution in [1.29, 1.82) is 0 Å². The number of nitrogens with one attached hydrogen (secondary N) is 3. The van der Waals surface area contributed by atoms with E-state index in [4.69, 9.17) is 10.8 Å². The highest BCUT2D eigenvalue weighted by Gasteiger charge is 2.20. The van der Waals surface area contributed by atoms with Gasteiger partial charge in [0.1, 0.15) is 6.04 Å². The summed E-state index contributed by atoms with van der Waals surface area (Å²) in [6.07, 6.45) is -0.721. The lowest BCUT2D eigenvalue weighted by molar-refractivity contribution is -0.142. The number of hydrogen-bond acceptors (Lipinski definition) is 5. The summed E-state index contributed by atoms with van der Waals surface area (Å²) in [5.74, 6) is -2.72. The van der Waals surface area contributed by atoms with E-state index in [1.807, 2.05) is 4.98 Å². The Morgan fingerprint density at radius 2 is 1.95 bits per heavy atom. The number of carboxylic acids is 1. The summed E-state index contributed by atoms with van der Waals surface area (Å²) in [7, 11) is 0. The molecule has 1 heterocycles. The zero-order valence-corrected chi connectivity index (χ0v) is 10.8. The van der Waals surface area contributed by atoms with E-state index < -0.39 is 35.1 Å². The van der Waals surface area contributed by atoms with Crippen molar-refractivity contribution in [2.75, 3.05) is 0 Å². The molecule has 0 unspecified atom stereocenters. The second-order valence-corrected chi connectivity index (χ2v) is 4.25. The first-order chi connectivity index (χ1) is 9.77. The van der Waals surface area contributed by atoms with Gasteiger partial charge < -0.3 is 21.1 Å². The summed E-state index contributed by atoms with van der Waals surface area (Å²) in [5.41, 5.74) is 3.50. The van der Waals surface area contributed by atoms with Crippen LogP contribution in [0.2, 0.25) is 0 Å². The minimum atomic E-state index is -1.32. The maximum Gasteiger partial charge on any atom is 0.326 e. The number of rotatable bonds is 7. The molecule has 0 saturated heterocycles. The highest BCUT2D eigenvalue weighted by molar-refractivity contribution is 5.85. The maximum absolute atomic E-state index is 11.7. The van der Waals surface area contributed by atoms with Crippen LogP contribution in [0.5, 0.6) is 0 Å². The van der Waals surface area contributed by atoms with Crippen molar-refractivity contribution in [2.45, 2.75) is 25.3 Å². The lowest BCUT2D eigenvalue weighted by atomic mass is 10.1. The number of hydrogen-bond donors (Lipinski definition) is 5. The highest BCUT2D eigenvalue weighted by Crippen LogP contribution is 1.98. The van der Waals surface area contributed by atoms with Crippen LogP contribution >= 0.6 is 0 Å². The van der Waals surface area contributed by atoms with Gasteiger partial charge in [0, 0.05) is 18.2 Å². The second-order valence-electron chi connectivity index (χ2n) is 4.25. The van der Waals surface area contributed by atoms with Crippen LogP contribution < -0.4 is 22.3 Å². The number of amides is 2. The molecule has 1 aromatic rings. The second kappa shape index (κ2) is 7.03. The van der Waals surface area contributed by atoms with E-state index in [2.05, 4.69) is 10.3 Å². The number of carbonyl (C=O) groups is 3. The fourth-order valence-electron chi connectivity index (χ4n) is 1.58. The quantitative estimate of drug-likeness (QED) is 0.370. The van der Waals surface area contributed by atoms with Crippen molar-refractivity contribution in [1.82, 2.24) is 15.3 Å². The van der Waals surface area contributed by atoms with Crippen LogP contribution in [0.25, 0.3) is 0 Å². The van der Waals surface area contributed by atoms with Gasteiger partial charge in [-0.15, -0.1) is 0 Å². The lowest BCUT2D eigenvalue weighted by Gasteiger charge is -2.13. The van der Waals surface area contributed by atoms with Gasteiger partial charge in [-0.2, -0.15) is 0 Å². The Morgan fingerprint density at radius 3 is 2.48 bits per heavy atom. The van der Waals surface area contributed by atoms with Gasteiger partial charge in [0.25, 0.3) is 5.56 Å². The first kappa shape index (κ1) is 16.1. The number of carbonyl (C=O) groups excluding carboxylic acids is 2. The van der Waals surface area contributed by atoms with Crippen LogP contribution in [0.4, 0.5) is 0 Å². The van der Waals surface area contributed by atoms with Crippen LogP contribution in [0.1, 0.15) is 18.5 Å². The Labute approximate surface area is 117 Å². The van der Waals surface area contributed by atoms with Gasteiger partial charge in [-0.1, -0.05) is 0 Å². The van der Waals surface area contributed by atoms with Crippen molar-refractivity contribution >= 4 is 17.8 Å². The Bertz CT molecular complexity index is 633. The average molecular weight is 298 g/mol. The first-order valence-corrected chi connectivity index (χ1v) is 5.91. The van der Waals surface area contributed by atoms with Gasteiger partial charge in [0.05, 0.1) is 6.42 Å². The van der Waals surface area contributed by atoms with Crippen LogP contribution in [-0.2, 0) is 20.8 Å². The van der Waals surface area contributed by atoms with E-state index in [1.165, 1.54) is 0 Å². The first-order valence-electron chi connectivity index (χ1n) is 5.91. The van der Waals surface area contributed by atoms with Crippen LogP contribution in [0.3, 0.4) is 0 Å². The molecule has 0 spiro atoms. The van der Waals surface area contributed by atoms with Crippen molar-refractivity contribution in [3.8, 4) is 0 Å². The number of carboxylic acid groups (broad SMARTS) is 1. The molecule has 1 atom stereocenters. The Hall–Kier alpha value is -2.91. The third-order valence-electron chi connectivity index (χ3n) is 2.48. The SMILES string of the molecule is NC(=O)CC[C@@H](NC(=O)Cc1cc(=O)[nH]c(=O)[nH]1)C(=O)O. The monoisotopic (exact) mass is 298 g/mol. The molecule has 0 saturated carbocycles. The number of aromatic amines is 2. The van der Waals surface area contributed by atoms with Gasteiger partial charge in [-0.05, 0) is 6.42 Å². The molecular weight excluding hydrogens is 284 g/mol. The van der Waals surface area contributed by atoms with E-state index in [0.717, 1.165) is 6.07 Å². The third-order valence-corrected chi connectivity index (χ3v) is 2.48. The Balaban J connectivity index is 2.69. The molecule has 10 nitrogen and oxygen atoms in total. The zero-order valence-electron chi connectivity index (χ0n) is 10.8. The van der Waals surface area contributed by atoms with Crippen molar-refractivity contribution in [2.24, 2.45) is 5.73 Å². The van der Waals surface area contributed by atoms with Crippen molar-refractivity contribution in [3.05, 3.63) is 32.6 Å². The standard InChI is InChI=1S/C11H14N4O6/c12-7(16)2-1-6(10(19)20)14-8(17)3-5-4-9(18)15-11(21)13-5/h4,6H,1-3H2,(H2,12,16)(H,14,17)(H,19,20)(H2,13,15,18,21)/t6-/m1/s1. The van der Waals surface area contributed by atoms with Gasteiger partial charge in [-0.25, -0.2) is 9.59 Å². The molecule has 0 bridgehead atoms. The molecule has 0 aromatic carbocycles. The van der Waals surface area contributed by atoms with Gasteiger partial charge in [0.2, 0.25) is 11.8 Å². The molecule has 2 amide bonds. The lowest BCUT2D eigenvalue weighted by Crippen LogP contribution is -2.42. The third kappa shape index (κ3) is 5.72. The highest BCUT2D eigenvalue weighted by atomic mass is 16.4. The smallest absolute Gasteiger partial charge is 0.326 e. The molecule has 0 radical (unpaired) electrons. The number of nitrogens with two attached hydrogens (primary N) is 1. The molecule has 1 rings (SSSR count). The van der Waals surface area contributed by atoms with E-state index in [-0.39, 0.29) is 25.0 Å². The normalized spacial score (nSPS) is 11.6. The average Bonchev–Trinajstić information content (AvgIpc) is 2.32. The molecular formula is C11H14N4O6. The largest absolute Gasteiger partial charge is 0.480 e. The number of primary amides is 1. The number of aromatic nitrogens is 2. The minimum Gasteiger partial charge on any atom is -0.480 e. The molecule has 0 fully saturated rings. The summed E-state index contributed by atoms with van der Waals surface area (Å²) in [6.45, 7) is 0. The fraction of sp³-hybridized carbons (Fsp3) is 0.364. The Kier molecular flexibility index (Phi) is 5.40. The van der Waals surface area contributed by atoms with E-state index in [9.17, 15) is 24.0 Å². The predicted octanol–water partition coefficient (Wildman–Crippen LogP) is -2.56. The molecule has 0 aliphatic rings. The van der Waals surface area contributed by atoms with Gasteiger partial charge in [0.15, 0.2) is 0 Å². The predicted molar refractivity (Wildman–Crippen MR) is 69.4 cm³/mol. The molecule has 1 aromatic heterocycles. The fourth-order valence-corrected chi connectivity index (χ4v) is 1.58.